The van der Waals surface area contributed by atoms with Gasteiger partial charge in [-0.3, -0.25) is 9.59 Å². The van der Waals surface area contributed by atoms with Crippen molar-refractivity contribution in [1.82, 2.24) is 0 Å². The maximum atomic E-state index is 11.0. The molecule has 1 aromatic rings. The molecule has 3 nitrogen and oxygen atoms in total. The molecule has 0 amide bonds. The van der Waals surface area contributed by atoms with Gasteiger partial charge in [-0.15, -0.1) is 0 Å². The first kappa shape index (κ1) is 11.0. The fourth-order valence-electron chi connectivity index (χ4n) is 1.04. The first-order valence-corrected chi connectivity index (χ1v) is 4.41. The van der Waals surface area contributed by atoms with Crippen molar-refractivity contribution in [2.24, 2.45) is 0 Å². The Morgan fingerprint density at radius 3 is 2.73 bits per heavy atom. The molecule has 0 aromatic heterocycles. The van der Waals surface area contributed by atoms with Crippen LogP contribution in [0.15, 0.2) is 24.3 Å². The molecule has 0 bridgehead atoms. The number of carboxylic acids is 1. The van der Waals surface area contributed by atoms with Crippen LogP contribution in [-0.2, 0) is 4.79 Å². The fourth-order valence-corrected chi connectivity index (χ4v) is 1.04. The number of benzene rings is 1. The van der Waals surface area contributed by atoms with Gasteiger partial charge in [0.15, 0.2) is 5.78 Å². The second kappa shape index (κ2) is 4.97. The molecular weight excluding hydrogens is 192 g/mol. The smallest absolute Gasteiger partial charge is 0.315 e. The number of ketones is 1. The lowest BCUT2D eigenvalue weighted by atomic mass is 10.1. The van der Waals surface area contributed by atoms with Gasteiger partial charge in [0, 0.05) is 11.1 Å². The molecule has 0 atom stereocenters. The third-order valence-electron chi connectivity index (χ3n) is 1.74. The van der Waals surface area contributed by atoms with Crippen molar-refractivity contribution in [3.63, 3.8) is 0 Å². The van der Waals surface area contributed by atoms with E-state index in [9.17, 15) is 9.59 Å². The van der Waals surface area contributed by atoms with Crippen LogP contribution in [-0.4, -0.2) is 16.9 Å². The van der Waals surface area contributed by atoms with Crippen molar-refractivity contribution in [2.45, 2.75) is 13.3 Å². The molecule has 0 radical (unpaired) electrons. The summed E-state index contributed by atoms with van der Waals surface area (Å²) in [5, 5.41) is 8.38. The lowest BCUT2D eigenvalue weighted by molar-refractivity contribution is -0.135. The highest BCUT2D eigenvalue weighted by Crippen LogP contribution is 2.04. The summed E-state index contributed by atoms with van der Waals surface area (Å²) < 4.78 is 0. The molecule has 0 spiro atoms. The first-order chi connectivity index (χ1) is 7.09. The van der Waals surface area contributed by atoms with Crippen molar-refractivity contribution >= 4 is 11.8 Å². The Bertz CT molecular complexity index is 449. The molecule has 0 aliphatic rings. The van der Waals surface area contributed by atoms with Gasteiger partial charge in [-0.2, -0.15) is 0 Å². The zero-order chi connectivity index (χ0) is 11.3. The number of carboxylic acid groups (broad SMARTS) is 1. The third-order valence-corrected chi connectivity index (χ3v) is 1.74. The van der Waals surface area contributed by atoms with Gasteiger partial charge in [0.25, 0.3) is 0 Å². The summed E-state index contributed by atoms with van der Waals surface area (Å²) in [5.74, 6) is 4.21. The maximum Gasteiger partial charge on any atom is 0.315 e. The van der Waals surface area contributed by atoms with Crippen LogP contribution in [0.3, 0.4) is 0 Å². The number of carbonyl (C=O) groups is 2. The highest BCUT2D eigenvalue weighted by Gasteiger charge is 1.98. The van der Waals surface area contributed by atoms with Crippen LogP contribution in [0.2, 0.25) is 0 Å². The topological polar surface area (TPSA) is 54.4 Å². The normalized spacial score (nSPS) is 8.87. The van der Waals surface area contributed by atoms with Crippen LogP contribution in [0.4, 0.5) is 0 Å². The quantitative estimate of drug-likeness (QED) is 0.586. The second-order valence-electron chi connectivity index (χ2n) is 3.01. The molecule has 0 fully saturated rings. The van der Waals surface area contributed by atoms with Crippen LogP contribution in [0.5, 0.6) is 0 Å². The summed E-state index contributed by atoms with van der Waals surface area (Å²) in [7, 11) is 0. The average Bonchev–Trinajstić information content (AvgIpc) is 2.17. The van der Waals surface area contributed by atoms with E-state index in [1.165, 1.54) is 6.92 Å². The summed E-state index contributed by atoms with van der Waals surface area (Å²) in [6, 6.07) is 6.81. The number of carbonyl (C=O) groups excluding carboxylic acids is 1. The first-order valence-electron chi connectivity index (χ1n) is 4.41. The van der Waals surface area contributed by atoms with Crippen molar-refractivity contribution in [3.05, 3.63) is 35.4 Å². The summed E-state index contributed by atoms with van der Waals surface area (Å²) in [6.45, 7) is 1.48. The Labute approximate surface area is 87.7 Å². The zero-order valence-corrected chi connectivity index (χ0v) is 8.28. The maximum absolute atomic E-state index is 11.0. The van der Waals surface area contributed by atoms with Crippen LogP contribution in [0.25, 0.3) is 0 Å². The minimum Gasteiger partial charge on any atom is -0.481 e. The van der Waals surface area contributed by atoms with Crippen LogP contribution < -0.4 is 0 Å². The van der Waals surface area contributed by atoms with Gasteiger partial charge in [-0.25, -0.2) is 0 Å². The van der Waals surface area contributed by atoms with Gasteiger partial charge < -0.3 is 5.11 Å². The molecule has 0 aliphatic carbocycles. The molecule has 0 saturated heterocycles. The summed E-state index contributed by atoms with van der Waals surface area (Å²) >= 11 is 0. The molecule has 0 unspecified atom stereocenters. The predicted octanol–water partition coefficient (Wildman–Crippen LogP) is 1.72. The van der Waals surface area contributed by atoms with Crippen LogP contribution in [0.1, 0.15) is 29.3 Å². The number of aliphatic carboxylic acids is 1. The van der Waals surface area contributed by atoms with E-state index in [0.717, 1.165) is 0 Å². The number of Topliss-reactive ketones (excluding diaryl/α,β-unsaturated/α-hetero) is 1. The van der Waals surface area contributed by atoms with Crippen molar-refractivity contribution < 1.29 is 14.7 Å². The van der Waals surface area contributed by atoms with Crippen molar-refractivity contribution in [1.29, 1.82) is 0 Å². The Morgan fingerprint density at radius 2 is 2.13 bits per heavy atom. The van der Waals surface area contributed by atoms with Crippen molar-refractivity contribution in [2.75, 3.05) is 0 Å². The number of hydrogen-bond acceptors (Lipinski definition) is 2. The van der Waals surface area contributed by atoms with Gasteiger partial charge >= 0.3 is 5.97 Å². The predicted molar refractivity (Wildman–Crippen MR) is 55.6 cm³/mol. The summed E-state index contributed by atoms with van der Waals surface area (Å²) in [6.07, 6.45) is -0.190. The number of rotatable bonds is 2. The fraction of sp³-hybridized carbons (Fsp3) is 0.167. The van der Waals surface area contributed by atoms with E-state index in [1.807, 2.05) is 0 Å². The minimum absolute atomic E-state index is 0.0307. The van der Waals surface area contributed by atoms with E-state index in [4.69, 9.17) is 5.11 Å². The molecular formula is C12H10O3. The van der Waals surface area contributed by atoms with Crippen molar-refractivity contribution in [3.8, 4) is 11.8 Å². The highest BCUT2D eigenvalue weighted by atomic mass is 16.4. The molecule has 1 rings (SSSR count). The highest BCUT2D eigenvalue weighted by molar-refractivity contribution is 5.94. The van der Waals surface area contributed by atoms with E-state index in [0.29, 0.717) is 11.1 Å². The molecule has 1 aromatic carbocycles. The molecule has 0 aliphatic heterocycles. The molecule has 0 heterocycles. The Morgan fingerprint density at radius 1 is 1.40 bits per heavy atom. The molecule has 3 heteroatoms. The van der Waals surface area contributed by atoms with E-state index in [2.05, 4.69) is 11.8 Å². The van der Waals surface area contributed by atoms with Gasteiger partial charge in [-0.05, 0) is 19.1 Å². The monoisotopic (exact) mass is 202 g/mol. The Kier molecular flexibility index (Phi) is 3.64. The van der Waals surface area contributed by atoms with Gasteiger partial charge in [0.2, 0.25) is 0 Å². The molecule has 0 saturated carbocycles. The standard InChI is InChI=1S/C12H10O3/c1-9(13)11-6-2-4-10(8-11)5-3-7-12(14)15/h2,4,6,8H,7H2,1H3,(H,14,15). The van der Waals surface area contributed by atoms with E-state index in [1.54, 1.807) is 24.3 Å². The second-order valence-corrected chi connectivity index (χ2v) is 3.01. The van der Waals surface area contributed by atoms with Gasteiger partial charge in [0.05, 0.1) is 0 Å². The summed E-state index contributed by atoms with van der Waals surface area (Å²) in [4.78, 5) is 21.2. The SMILES string of the molecule is CC(=O)c1cccc(C#CCC(=O)O)c1. The number of hydrogen-bond donors (Lipinski definition) is 1. The Balaban J connectivity index is 2.85. The average molecular weight is 202 g/mol. The lowest BCUT2D eigenvalue weighted by Gasteiger charge is -1.95. The Hall–Kier alpha value is -2.08. The van der Waals surface area contributed by atoms with E-state index in [-0.39, 0.29) is 12.2 Å². The lowest BCUT2D eigenvalue weighted by Crippen LogP contribution is -1.92. The van der Waals surface area contributed by atoms with Gasteiger partial charge in [-0.1, -0.05) is 24.0 Å². The van der Waals surface area contributed by atoms with Crippen LogP contribution in [0, 0.1) is 11.8 Å². The van der Waals surface area contributed by atoms with E-state index < -0.39 is 5.97 Å². The molecule has 76 valence electrons. The molecule has 1 N–H and O–H groups in total. The van der Waals surface area contributed by atoms with Crippen LogP contribution >= 0.6 is 0 Å². The molecule has 15 heavy (non-hydrogen) atoms. The summed E-state index contributed by atoms with van der Waals surface area (Å²) in [5.41, 5.74) is 1.24. The zero-order valence-electron chi connectivity index (χ0n) is 8.28. The van der Waals surface area contributed by atoms with E-state index >= 15 is 0 Å². The largest absolute Gasteiger partial charge is 0.481 e. The van der Waals surface area contributed by atoms with Gasteiger partial charge in [0.1, 0.15) is 6.42 Å². The minimum atomic E-state index is -0.953. The third kappa shape index (κ3) is 3.65.